The predicted octanol–water partition coefficient (Wildman–Crippen LogP) is 6.30. The summed E-state index contributed by atoms with van der Waals surface area (Å²) >= 11 is 0. The van der Waals surface area contributed by atoms with Crippen LogP contribution in [-0.4, -0.2) is 0 Å². The molecule has 104 valence electrons. The summed E-state index contributed by atoms with van der Waals surface area (Å²) in [7, 11) is 0. The first-order valence-electron chi connectivity index (χ1n) is 7.49. The molecule has 4 rings (SSSR count). The highest BCUT2D eigenvalue weighted by Crippen LogP contribution is 2.28. The average molecular weight is 280 g/mol. The van der Waals surface area contributed by atoms with Crippen molar-refractivity contribution in [3.8, 4) is 11.1 Å². The van der Waals surface area contributed by atoms with Crippen LogP contribution in [0.3, 0.4) is 0 Å². The molecular weight excluding hydrogens is 264 g/mol. The molecule has 0 bridgehead atoms. The van der Waals surface area contributed by atoms with Gasteiger partial charge in [-0.2, -0.15) is 0 Å². The highest BCUT2D eigenvalue weighted by Gasteiger charge is 2.02. The van der Waals surface area contributed by atoms with Crippen molar-refractivity contribution in [2.24, 2.45) is 0 Å². The first-order valence-corrected chi connectivity index (χ1v) is 7.49. The molecule has 0 aromatic heterocycles. The molecule has 0 saturated carbocycles. The van der Waals surface area contributed by atoms with Gasteiger partial charge in [-0.05, 0) is 56.4 Å². The Balaban J connectivity index is 1.88. The van der Waals surface area contributed by atoms with Gasteiger partial charge in [-0.15, -0.1) is 0 Å². The first kappa shape index (κ1) is 12.8. The van der Waals surface area contributed by atoms with Gasteiger partial charge in [0.25, 0.3) is 0 Å². The van der Waals surface area contributed by atoms with Crippen LogP contribution in [0.1, 0.15) is 5.56 Å². The molecule has 22 heavy (non-hydrogen) atoms. The fourth-order valence-electron chi connectivity index (χ4n) is 2.93. The Morgan fingerprint density at radius 3 is 1.82 bits per heavy atom. The lowest BCUT2D eigenvalue weighted by Crippen LogP contribution is -1.81. The van der Waals surface area contributed by atoms with E-state index in [1.807, 2.05) is 6.08 Å². The Labute approximate surface area is 130 Å². The van der Waals surface area contributed by atoms with Crippen LogP contribution in [0, 0.1) is 0 Å². The Hall–Kier alpha value is -2.86. The molecule has 0 heterocycles. The third-order valence-electron chi connectivity index (χ3n) is 4.18. The first-order chi connectivity index (χ1) is 10.8. The Bertz CT molecular complexity index is 976. The van der Waals surface area contributed by atoms with E-state index < -0.39 is 0 Å². The lowest BCUT2D eigenvalue weighted by Gasteiger charge is -2.06. The van der Waals surface area contributed by atoms with Crippen molar-refractivity contribution in [2.45, 2.75) is 0 Å². The highest BCUT2D eigenvalue weighted by atomic mass is 14.1. The van der Waals surface area contributed by atoms with E-state index in [0.717, 1.165) is 5.56 Å². The molecule has 0 N–H and O–H groups in total. The normalized spacial score (nSPS) is 10.9. The van der Waals surface area contributed by atoms with Gasteiger partial charge in [-0.3, -0.25) is 0 Å². The van der Waals surface area contributed by atoms with Crippen LogP contribution in [-0.2, 0) is 0 Å². The largest absolute Gasteiger partial charge is 0.0985 e. The summed E-state index contributed by atoms with van der Waals surface area (Å²) < 4.78 is 0. The van der Waals surface area contributed by atoms with Crippen molar-refractivity contribution in [1.29, 1.82) is 0 Å². The molecule has 0 saturated heterocycles. The van der Waals surface area contributed by atoms with Gasteiger partial charge in [0, 0.05) is 0 Å². The van der Waals surface area contributed by atoms with E-state index in [4.69, 9.17) is 0 Å². The van der Waals surface area contributed by atoms with E-state index in [1.54, 1.807) is 0 Å². The minimum absolute atomic E-state index is 1.15. The van der Waals surface area contributed by atoms with Crippen LogP contribution in [0.2, 0.25) is 0 Å². The van der Waals surface area contributed by atoms with Gasteiger partial charge >= 0.3 is 0 Å². The highest BCUT2D eigenvalue weighted by molar-refractivity contribution is 5.99. The molecule has 4 aromatic rings. The van der Waals surface area contributed by atoms with Crippen LogP contribution in [0.5, 0.6) is 0 Å². The summed E-state index contributed by atoms with van der Waals surface area (Å²) in [5.41, 5.74) is 3.63. The second kappa shape index (κ2) is 5.16. The Morgan fingerprint density at radius 1 is 0.545 bits per heavy atom. The zero-order chi connectivity index (χ0) is 14.9. The molecule has 4 aromatic carbocycles. The molecule has 0 amide bonds. The number of benzene rings is 4. The minimum Gasteiger partial charge on any atom is -0.0985 e. The van der Waals surface area contributed by atoms with Crippen LogP contribution in [0.15, 0.2) is 85.4 Å². The van der Waals surface area contributed by atoms with Gasteiger partial charge in [-0.1, -0.05) is 73.3 Å². The topological polar surface area (TPSA) is 0 Å². The molecule has 0 nitrogen and oxygen atoms in total. The van der Waals surface area contributed by atoms with Crippen molar-refractivity contribution in [3.63, 3.8) is 0 Å². The molecular formula is C22H16. The summed E-state index contributed by atoms with van der Waals surface area (Å²) in [5, 5.41) is 5.14. The maximum absolute atomic E-state index is 3.80. The maximum Gasteiger partial charge on any atom is -0.0171 e. The zero-order valence-electron chi connectivity index (χ0n) is 12.3. The molecule has 0 radical (unpaired) electrons. The molecule has 0 aliphatic rings. The molecule has 0 heteroatoms. The van der Waals surface area contributed by atoms with Gasteiger partial charge in [0.05, 0.1) is 0 Å². The minimum atomic E-state index is 1.15. The Morgan fingerprint density at radius 2 is 1.14 bits per heavy atom. The van der Waals surface area contributed by atoms with Gasteiger partial charge in [0.1, 0.15) is 0 Å². The number of fused-ring (bicyclic) bond motifs is 2. The molecule has 0 fully saturated rings. The SMILES string of the molecule is C=Cc1ccc(-c2ccc3cc4ccccc4cc3c2)cc1. The van der Waals surface area contributed by atoms with Crippen molar-refractivity contribution >= 4 is 27.6 Å². The average Bonchev–Trinajstić information content (AvgIpc) is 2.59. The summed E-state index contributed by atoms with van der Waals surface area (Å²) in [4.78, 5) is 0. The summed E-state index contributed by atoms with van der Waals surface area (Å²) in [6.45, 7) is 3.80. The number of hydrogen-bond acceptors (Lipinski definition) is 0. The van der Waals surface area contributed by atoms with E-state index >= 15 is 0 Å². The molecule has 0 spiro atoms. The molecule has 0 aliphatic carbocycles. The van der Waals surface area contributed by atoms with Gasteiger partial charge in [0.2, 0.25) is 0 Å². The summed E-state index contributed by atoms with van der Waals surface area (Å²) in [6, 6.07) is 28.2. The lowest BCUT2D eigenvalue weighted by atomic mass is 9.98. The maximum atomic E-state index is 3.80. The third kappa shape index (κ3) is 2.19. The lowest BCUT2D eigenvalue weighted by molar-refractivity contribution is 1.62. The van der Waals surface area contributed by atoms with E-state index in [1.165, 1.54) is 32.7 Å². The Kier molecular flexibility index (Phi) is 3.01. The molecule has 0 atom stereocenters. The van der Waals surface area contributed by atoms with Crippen molar-refractivity contribution in [2.75, 3.05) is 0 Å². The van der Waals surface area contributed by atoms with Crippen molar-refractivity contribution in [1.82, 2.24) is 0 Å². The smallest absolute Gasteiger partial charge is 0.0171 e. The van der Waals surface area contributed by atoms with Gasteiger partial charge in [-0.25, -0.2) is 0 Å². The second-order valence-corrected chi connectivity index (χ2v) is 5.59. The van der Waals surface area contributed by atoms with Crippen LogP contribution >= 0.6 is 0 Å². The van der Waals surface area contributed by atoms with E-state index in [9.17, 15) is 0 Å². The number of rotatable bonds is 2. The summed E-state index contributed by atoms with van der Waals surface area (Å²) in [6.07, 6.45) is 1.87. The summed E-state index contributed by atoms with van der Waals surface area (Å²) in [5.74, 6) is 0. The van der Waals surface area contributed by atoms with E-state index in [-0.39, 0.29) is 0 Å². The zero-order valence-corrected chi connectivity index (χ0v) is 12.3. The standard InChI is InChI=1S/C22H16/c1-2-16-7-9-17(10-8-16)20-11-12-21-13-18-5-3-4-6-19(18)14-22(21)15-20/h2-15H,1H2. The predicted molar refractivity (Wildman–Crippen MR) is 97.0 cm³/mol. The van der Waals surface area contributed by atoms with E-state index in [0.29, 0.717) is 0 Å². The van der Waals surface area contributed by atoms with E-state index in [2.05, 4.69) is 85.4 Å². The van der Waals surface area contributed by atoms with Crippen molar-refractivity contribution in [3.05, 3.63) is 91.0 Å². The fourth-order valence-corrected chi connectivity index (χ4v) is 2.93. The third-order valence-corrected chi connectivity index (χ3v) is 4.18. The van der Waals surface area contributed by atoms with Crippen LogP contribution in [0.25, 0.3) is 38.7 Å². The molecule has 0 aliphatic heterocycles. The second-order valence-electron chi connectivity index (χ2n) is 5.59. The number of hydrogen-bond donors (Lipinski definition) is 0. The van der Waals surface area contributed by atoms with Gasteiger partial charge in [0.15, 0.2) is 0 Å². The monoisotopic (exact) mass is 280 g/mol. The van der Waals surface area contributed by atoms with Crippen molar-refractivity contribution < 1.29 is 0 Å². The molecule has 0 unspecified atom stereocenters. The van der Waals surface area contributed by atoms with Crippen LogP contribution < -0.4 is 0 Å². The quantitative estimate of drug-likeness (QED) is 0.378. The fraction of sp³-hybridized carbons (Fsp3) is 0. The van der Waals surface area contributed by atoms with Gasteiger partial charge < -0.3 is 0 Å². The van der Waals surface area contributed by atoms with Crippen LogP contribution in [0.4, 0.5) is 0 Å².